The van der Waals surface area contributed by atoms with Crippen molar-refractivity contribution in [2.75, 3.05) is 6.54 Å². The number of hydrogen-bond donors (Lipinski definition) is 6. The van der Waals surface area contributed by atoms with Crippen molar-refractivity contribution in [1.82, 2.24) is 15.5 Å². The summed E-state index contributed by atoms with van der Waals surface area (Å²) in [5.74, 6) is -5.15. The monoisotopic (exact) mass is 504 g/mol. The number of carbonyl (C=O) groups is 6. The lowest BCUT2D eigenvalue weighted by atomic mass is 10.0. The van der Waals surface area contributed by atoms with Gasteiger partial charge in [-0.2, -0.15) is 0 Å². The van der Waals surface area contributed by atoms with Crippen LogP contribution in [0.4, 0.5) is 0 Å². The maximum atomic E-state index is 13.1. The number of carboxylic acid groups (broad SMARTS) is 1. The Bertz CT molecular complexity index is 986. The van der Waals surface area contributed by atoms with Gasteiger partial charge in [-0.05, 0) is 31.2 Å². The van der Waals surface area contributed by atoms with Crippen LogP contribution in [0.5, 0.6) is 0 Å². The number of aliphatic carboxylic acids is 1. The highest BCUT2D eigenvalue weighted by Crippen LogP contribution is 2.19. The van der Waals surface area contributed by atoms with Crippen molar-refractivity contribution in [2.24, 2.45) is 17.2 Å². The summed E-state index contributed by atoms with van der Waals surface area (Å²) in [5.41, 5.74) is 17.2. The van der Waals surface area contributed by atoms with Crippen molar-refractivity contribution in [3.8, 4) is 0 Å². The van der Waals surface area contributed by atoms with Gasteiger partial charge in [-0.1, -0.05) is 30.3 Å². The van der Waals surface area contributed by atoms with Gasteiger partial charge in [-0.15, -0.1) is 0 Å². The van der Waals surface area contributed by atoms with E-state index in [9.17, 15) is 33.9 Å². The van der Waals surface area contributed by atoms with Crippen molar-refractivity contribution in [3.63, 3.8) is 0 Å². The van der Waals surface area contributed by atoms with E-state index in [1.165, 1.54) is 0 Å². The fourth-order valence-electron chi connectivity index (χ4n) is 3.95. The average Bonchev–Trinajstić information content (AvgIpc) is 3.31. The predicted molar refractivity (Wildman–Crippen MR) is 127 cm³/mol. The van der Waals surface area contributed by atoms with E-state index in [1.54, 1.807) is 30.3 Å². The molecule has 1 aromatic rings. The first-order chi connectivity index (χ1) is 17.0. The molecule has 0 bridgehead atoms. The second kappa shape index (κ2) is 13.2. The van der Waals surface area contributed by atoms with Gasteiger partial charge in [0.1, 0.15) is 18.1 Å². The molecule has 1 saturated heterocycles. The Kier molecular flexibility index (Phi) is 10.3. The number of amides is 5. The lowest BCUT2D eigenvalue weighted by molar-refractivity contribution is -0.149. The van der Waals surface area contributed by atoms with Crippen molar-refractivity contribution >= 4 is 35.5 Å². The number of nitrogens with zero attached hydrogens (tertiary/aromatic N) is 1. The maximum Gasteiger partial charge on any atom is 0.326 e. The minimum absolute atomic E-state index is 0.161. The second-order valence-corrected chi connectivity index (χ2v) is 8.62. The van der Waals surface area contributed by atoms with E-state index >= 15 is 0 Å². The molecule has 1 aliphatic rings. The van der Waals surface area contributed by atoms with Crippen LogP contribution in [0.3, 0.4) is 0 Å². The van der Waals surface area contributed by atoms with E-state index in [1.807, 2.05) is 0 Å². The molecule has 13 nitrogen and oxygen atoms in total. The van der Waals surface area contributed by atoms with Crippen LogP contribution >= 0.6 is 0 Å². The molecular formula is C23H32N6O7. The van der Waals surface area contributed by atoms with Crippen LogP contribution in [0.25, 0.3) is 0 Å². The zero-order valence-electron chi connectivity index (χ0n) is 19.7. The first kappa shape index (κ1) is 28.2. The molecular weight excluding hydrogens is 472 g/mol. The van der Waals surface area contributed by atoms with E-state index in [-0.39, 0.29) is 32.2 Å². The molecule has 0 spiro atoms. The molecule has 1 aliphatic heterocycles. The SMILES string of the molecule is NC(=O)CCC(NC(=O)C(CC(N)=O)NC(=O)C(N)Cc1ccccc1)C(=O)N1CCCC1C(=O)O. The fraction of sp³-hybridized carbons (Fsp3) is 0.478. The molecule has 1 fully saturated rings. The van der Waals surface area contributed by atoms with E-state index in [4.69, 9.17) is 17.2 Å². The third-order valence-electron chi connectivity index (χ3n) is 5.79. The van der Waals surface area contributed by atoms with Gasteiger partial charge in [-0.3, -0.25) is 24.0 Å². The Morgan fingerprint density at radius 2 is 1.61 bits per heavy atom. The van der Waals surface area contributed by atoms with Gasteiger partial charge >= 0.3 is 5.97 Å². The van der Waals surface area contributed by atoms with Crippen molar-refractivity contribution in [1.29, 1.82) is 0 Å². The second-order valence-electron chi connectivity index (χ2n) is 8.62. The zero-order chi connectivity index (χ0) is 26.8. The largest absolute Gasteiger partial charge is 0.480 e. The number of hydrogen-bond acceptors (Lipinski definition) is 7. The van der Waals surface area contributed by atoms with E-state index < -0.39 is 66.1 Å². The summed E-state index contributed by atoms with van der Waals surface area (Å²) in [5, 5.41) is 14.2. The average molecular weight is 505 g/mol. The van der Waals surface area contributed by atoms with E-state index in [0.717, 1.165) is 10.5 Å². The molecule has 0 aliphatic carbocycles. The Labute approximate surface area is 207 Å². The van der Waals surface area contributed by atoms with Crippen LogP contribution in [-0.4, -0.2) is 76.2 Å². The molecule has 4 unspecified atom stereocenters. The number of carbonyl (C=O) groups excluding carboxylic acids is 5. The maximum absolute atomic E-state index is 13.1. The number of nitrogens with two attached hydrogens (primary N) is 3. The molecule has 36 heavy (non-hydrogen) atoms. The summed E-state index contributed by atoms with van der Waals surface area (Å²) >= 11 is 0. The molecule has 9 N–H and O–H groups in total. The van der Waals surface area contributed by atoms with E-state index in [0.29, 0.717) is 6.42 Å². The highest BCUT2D eigenvalue weighted by molar-refractivity contribution is 5.96. The van der Waals surface area contributed by atoms with Crippen LogP contribution in [0.2, 0.25) is 0 Å². The molecule has 0 radical (unpaired) electrons. The lowest BCUT2D eigenvalue weighted by Crippen LogP contribution is -2.58. The summed E-state index contributed by atoms with van der Waals surface area (Å²) in [6.07, 6.45) is -0.169. The summed E-state index contributed by atoms with van der Waals surface area (Å²) in [7, 11) is 0. The number of benzene rings is 1. The van der Waals surface area contributed by atoms with Crippen molar-refractivity contribution in [3.05, 3.63) is 35.9 Å². The smallest absolute Gasteiger partial charge is 0.326 e. The molecule has 13 heteroatoms. The Balaban J connectivity index is 2.15. The topological polar surface area (TPSA) is 228 Å². The van der Waals surface area contributed by atoms with E-state index in [2.05, 4.69) is 10.6 Å². The molecule has 0 saturated carbocycles. The number of primary amides is 2. The fourth-order valence-corrected chi connectivity index (χ4v) is 3.95. The Morgan fingerprint density at radius 3 is 2.19 bits per heavy atom. The van der Waals surface area contributed by atoms with Gasteiger partial charge in [0.25, 0.3) is 0 Å². The number of rotatable bonds is 13. The normalized spacial score (nSPS) is 17.5. The number of carboxylic acids is 1. The van der Waals surface area contributed by atoms with Crippen LogP contribution in [-0.2, 0) is 35.2 Å². The number of nitrogens with one attached hydrogen (secondary N) is 2. The number of likely N-dealkylation sites (tertiary alicyclic amines) is 1. The third-order valence-corrected chi connectivity index (χ3v) is 5.79. The molecule has 2 rings (SSSR count). The molecule has 4 atom stereocenters. The van der Waals surface area contributed by atoms with Crippen molar-refractivity contribution in [2.45, 2.75) is 62.7 Å². The van der Waals surface area contributed by atoms with Crippen LogP contribution in [0, 0.1) is 0 Å². The summed E-state index contributed by atoms with van der Waals surface area (Å²) in [4.78, 5) is 74.2. The molecule has 0 aromatic heterocycles. The molecule has 1 heterocycles. The van der Waals surface area contributed by atoms with Gasteiger partial charge in [0.05, 0.1) is 12.5 Å². The minimum atomic E-state index is -1.45. The van der Waals surface area contributed by atoms with Crippen LogP contribution < -0.4 is 27.8 Å². The van der Waals surface area contributed by atoms with Crippen molar-refractivity contribution < 1.29 is 33.9 Å². The lowest BCUT2D eigenvalue weighted by Gasteiger charge is -2.28. The first-order valence-corrected chi connectivity index (χ1v) is 11.5. The van der Waals surface area contributed by atoms with Gasteiger partial charge in [-0.25, -0.2) is 4.79 Å². The summed E-state index contributed by atoms with van der Waals surface area (Å²) in [6.45, 7) is 0.161. The molecule has 1 aromatic carbocycles. The zero-order valence-corrected chi connectivity index (χ0v) is 19.7. The Morgan fingerprint density at radius 1 is 0.972 bits per heavy atom. The van der Waals surface area contributed by atoms with Crippen LogP contribution in [0.15, 0.2) is 30.3 Å². The third kappa shape index (κ3) is 8.34. The minimum Gasteiger partial charge on any atom is -0.480 e. The quantitative estimate of drug-likeness (QED) is 0.171. The first-order valence-electron chi connectivity index (χ1n) is 11.5. The standard InChI is InChI=1S/C23H32N6O7/c24-14(11-13-5-2-1-3-6-13)20(32)28-16(12-19(26)31)21(33)27-15(8-9-18(25)30)22(34)29-10-4-7-17(29)23(35)36/h1-3,5-6,14-17H,4,7-12,24H2,(H2,25,30)(H2,26,31)(H,27,33)(H,28,32)(H,35,36). The Hall–Kier alpha value is -4.00. The van der Waals surface area contributed by atoms with Gasteiger partial charge in [0.15, 0.2) is 0 Å². The van der Waals surface area contributed by atoms with Gasteiger partial charge in [0.2, 0.25) is 29.5 Å². The summed E-state index contributed by atoms with van der Waals surface area (Å²) < 4.78 is 0. The molecule has 196 valence electrons. The van der Waals surface area contributed by atoms with Crippen LogP contribution in [0.1, 0.15) is 37.7 Å². The van der Waals surface area contributed by atoms with Gasteiger partial charge in [0, 0.05) is 13.0 Å². The molecule has 5 amide bonds. The highest BCUT2D eigenvalue weighted by atomic mass is 16.4. The highest BCUT2D eigenvalue weighted by Gasteiger charge is 2.38. The predicted octanol–water partition coefficient (Wildman–Crippen LogP) is -2.26. The summed E-state index contributed by atoms with van der Waals surface area (Å²) in [6, 6.07) is 4.05. The van der Waals surface area contributed by atoms with Gasteiger partial charge < -0.3 is 37.8 Å².